The lowest BCUT2D eigenvalue weighted by Gasteiger charge is -2.30. The fraction of sp³-hybridized carbons (Fsp3) is 0.632. The van der Waals surface area contributed by atoms with Crippen LogP contribution in [0.1, 0.15) is 38.5 Å². The van der Waals surface area contributed by atoms with Crippen LogP contribution in [-0.2, 0) is 9.53 Å². The maximum atomic E-state index is 12.3. The number of para-hydroxylation sites is 2. The third-order valence-corrected chi connectivity index (χ3v) is 4.92. The molecule has 2 aliphatic rings. The van der Waals surface area contributed by atoms with E-state index in [1.807, 2.05) is 18.2 Å². The SMILES string of the molecule is O=C(CNc1ccccc1N1CCOCC1)NC1CCCCCC1. The van der Waals surface area contributed by atoms with Gasteiger partial charge in [0.2, 0.25) is 5.91 Å². The third kappa shape index (κ3) is 4.87. The van der Waals surface area contributed by atoms with E-state index >= 15 is 0 Å². The molecule has 0 radical (unpaired) electrons. The summed E-state index contributed by atoms with van der Waals surface area (Å²) in [5, 5.41) is 6.51. The summed E-state index contributed by atoms with van der Waals surface area (Å²) in [5.74, 6) is 0.0960. The van der Waals surface area contributed by atoms with E-state index in [4.69, 9.17) is 4.74 Å². The first kappa shape index (κ1) is 17.1. The fourth-order valence-corrected chi connectivity index (χ4v) is 3.58. The average Bonchev–Trinajstić information content (AvgIpc) is 2.90. The predicted octanol–water partition coefficient (Wildman–Crippen LogP) is 2.77. The van der Waals surface area contributed by atoms with Crippen molar-refractivity contribution >= 4 is 17.3 Å². The lowest BCUT2D eigenvalue weighted by molar-refractivity contribution is -0.120. The van der Waals surface area contributed by atoms with Crippen molar-refractivity contribution in [2.45, 2.75) is 44.6 Å². The molecule has 0 atom stereocenters. The number of morpholine rings is 1. The standard InChI is InChI=1S/C19H29N3O2/c23-19(21-16-7-3-1-2-4-8-16)15-20-17-9-5-6-10-18(17)22-11-13-24-14-12-22/h5-6,9-10,16,20H,1-4,7-8,11-15H2,(H,21,23). The Morgan fingerprint density at radius 1 is 1.08 bits per heavy atom. The van der Waals surface area contributed by atoms with Gasteiger partial charge in [-0.25, -0.2) is 0 Å². The second-order valence-electron chi connectivity index (χ2n) is 6.73. The van der Waals surface area contributed by atoms with Crippen molar-refractivity contribution in [3.05, 3.63) is 24.3 Å². The molecule has 1 aliphatic heterocycles. The minimum Gasteiger partial charge on any atom is -0.378 e. The van der Waals surface area contributed by atoms with Crippen molar-refractivity contribution in [3.63, 3.8) is 0 Å². The van der Waals surface area contributed by atoms with E-state index in [9.17, 15) is 4.79 Å². The monoisotopic (exact) mass is 331 g/mol. The number of anilines is 2. The number of nitrogens with zero attached hydrogens (tertiary/aromatic N) is 1. The van der Waals surface area contributed by atoms with Crippen molar-refractivity contribution in [2.75, 3.05) is 43.1 Å². The van der Waals surface area contributed by atoms with Crippen molar-refractivity contribution in [3.8, 4) is 0 Å². The molecule has 24 heavy (non-hydrogen) atoms. The summed E-state index contributed by atoms with van der Waals surface area (Å²) in [5.41, 5.74) is 2.18. The number of carbonyl (C=O) groups excluding carboxylic acids is 1. The highest BCUT2D eigenvalue weighted by molar-refractivity contribution is 5.83. The zero-order chi connectivity index (χ0) is 16.6. The van der Waals surface area contributed by atoms with E-state index in [0.29, 0.717) is 12.6 Å². The van der Waals surface area contributed by atoms with Gasteiger partial charge in [-0.15, -0.1) is 0 Å². The smallest absolute Gasteiger partial charge is 0.239 e. The average molecular weight is 331 g/mol. The van der Waals surface area contributed by atoms with Crippen molar-refractivity contribution in [1.29, 1.82) is 0 Å². The molecule has 1 saturated carbocycles. The van der Waals surface area contributed by atoms with Crippen LogP contribution in [0.25, 0.3) is 0 Å². The minimum absolute atomic E-state index is 0.0960. The Balaban J connectivity index is 1.53. The molecule has 0 aromatic heterocycles. The second-order valence-corrected chi connectivity index (χ2v) is 6.73. The van der Waals surface area contributed by atoms with Crippen molar-refractivity contribution in [2.24, 2.45) is 0 Å². The van der Waals surface area contributed by atoms with Gasteiger partial charge < -0.3 is 20.3 Å². The summed E-state index contributed by atoms with van der Waals surface area (Å²) in [6, 6.07) is 8.56. The molecule has 1 saturated heterocycles. The maximum Gasteiger partial charge on any atom is 0.239 e. The molecule has 1 amide bonds. The predicted molar refractivity (Wildman–Crippen MR) is 97.6 cm³/mol. The molecule has 2 N–H and O–H groups in total. The summed E-state index contributed by atoms with van der Waals surface area (Å²) >= 11 is 0. The van der Waals surface area contributed by atoms with Crippen LogP contribution in [-0.4, -0.2) is 44.8 Å². The van der Waals surface area contributed by atoms with Crippen LogP contribution in [0.5, 0.6) is 0 Å². The zero-order valence-electron chi connectivity index (χ0n) is 14.4. The molecule has 3 rings (SSSR count). The second kappa shape index (κ2) is 8.92. The Morgan fingerprint density at radius 3 is 2.54 bits per heavy atom. The molecule has 1 aliphatic carbocycles. The molecule has 5 heteroatoms. The van der Waals surface area contributed by atoms with Gasteiger partial charge in [-0.2, -0.15) is 0 Å². The largest absolute Gasteiger partial charge is 0.378 e. The first-order chi connectivity index (χ1) is 11.8. The first-order valence-electron chi connectivity index (χ1n) is 9.28. The van der Waals surface area contributed by atoms with Crippen LogP contribution >= 0.6 is 0 Å². The molecule has 0 spiro atoms. The van der Waals surface area contributed by atoms with Crippen LogP contribution in [0.4, 0.5) is 11.4 Å². The first-order valence-corrected chi connectivity index (χ1v) is 9.28. The lowest BCUT2D eigenvalue weighted by atomic mass is 10.1. The minimum atomic E-state index is 0.0960. The van der Waals surface area contributed by atoms with Gasteiger partial charge in [0.05, 0.1) is 31.1 Å². The molecule has 1 aromatic carbocycles. The quantitative estimate of drug-likeness (QED) is 0.815. The van der Waals surface area contributed by atoms with Gasteiger partial charge in [0.25, 0.3) is 0 Å². The van der Waals surface area contributed by atoms with Gasteiger partial charge in [-0.3, -0.25) is 4.79 Å². The topological polar surface area (TPSA) is 53.6 Å². The lowest BCUT2D eigenvalue weighted by Crippen LogP contribution is -2.39. The van der Waals surface area contributed by atoms with E-state index < -0.39 is 0 Å². The molecule has 2 fully saturated rings. The van der Waals surface area contributed by atoms with E-state index in [2.05, 4.69) is 21.6 Å². The highest BCUT2D eigenvalue weighted by atomic mass is 16.5. The zero-order valence-corrected chi connectivity index (χ0v) is 14.4. The number of carbonyl (C=O) groups is 1. The maximum absolute atomic E-state index is 12.3. The Morgan fingerprint density at radius 2 is 1.79 bits per heavy atom. The van der Waals surface area contributed by atoms with Crippen LogP contribution in [0.3, 0.4) is 0 Å². The summed E-state index contributed by atoms with van der Waals surface area (Å²) in [6.45, 7) is 3.64. The van der Waals surface area contributed by atoms with Crippen molar-refractivity contribution in [1.82, 2.24) is 5.32 Å². The summed E-state index contributed by atoms with van der Waals surface area (Å²) in [7, 11) is 0. The molecule has 0 unspecified atom stereocenters. The normalized spacial score (nSPS) is 19.6. The Kier molecular flexibility index (Phi) is 6.35. The highest BCUT2D eigenvalue weighted by Crippen LogP contribution is 2.26. The van der Waals surface area contributed by atoms with Gasteiger partial charge in [-0.1, -0.05) is 37.8 Å². The molecule has 1 heterocycles. The van der Waals surface area contributed by atoms with E-state index in [1.165, 1.54) is 25.7 Å². The Hall–Kier alpha value is -1.75. The van der Waals surface area contributed by atoms with Crippen molar-refractivity contribution < 1.29 is 9.53 Å². The Labute approximate surface area is 144 Å². The number of nitrogens with one attached hydrogen (secondary N) is 2. The van der Waals surface area contributed by atoms with Gasteiger partial charge in [0, 0.05) is 19.1 Å². The van der Waals surface area contributed by atoms with E-state index in [0.717, 1.165) is 50.5 Å². The van der Waals surface area contributed by atoms with Crippen LogP contribution in [0, 0.1) is 0 Å². The number of amides is 1. The van der Waals surface area contributed by atoms with E-state index in [-0.39, 0.29) is 5.91 Å². The summed E-state index contributed by atoms with van der Waals surface area (Å²) < 4.78 is 5.43. The van der Waals surface area contributed by atoms with E-state index in [1.54, 1.807) is 0 Å². The van der Waals surface area contributed by atoms with Crippen LogP contribution < -0.4 is 15.5 Å². The summed E-state index contributed by atoms with van der Waals surface area (Å²) in [6.07, 6.45) is 7.32. The third-order valence-electron chi connectivity index (χ3n) is 4.92. The molecule has 0 bridgehead atoms. The van der Waals surface area contributed by atoms with Gasteiger partial charge in [0.1, 0.15) is 0 Å². The summed E-state index contributed by atoms with van der Waals surface area (Å²) in [4.78, 5) is 14.6. The molecule has 132 valence electrons. The van der Waals surface area contributed by atoms with Crippen LogP contribution in [0.2, 0.25) is 0 Å². The number of hydrogen-bond donors (Lipinski definition) is 2. The fourth-order valence-electron chi connectivity index (χ4n) is 3.58. The van der Waals surface area contributed by atoms with Gasteiger partial charge in [-0.05, 0) is 25.0 Å². The molecular weight excluding hydrogens is 302 g/mol. The van der Waals surface area contributed by atoms with Gasteiger partial charge in [0.15, 0.2) is 0 Å². The van der Waals surface area contributed by atoms with Gasteiger partial charge >= 0.3 is 0 Å². The number of hydrogen-bond acceptors (Lipinski definition) is 4. The molecule has 5 nitrogen and oxygen atoms in total. The number of ether oxygens (including phenoxy) is 1. The molecule has 1 aromatic rings. The Bertz CT molecular complexity index is 521. The number of benzene rings is 1. The number of rotatable bonds is 5. The molecular formula is C19H29N3O2. The van der Waals surface area contributed by atoms with Crippen LogP contribution in [0.15, 0.2) is 24.3 Å². The highest BCUT2D eigenvalue weighted by Gasteiger charge is 2.16.